The minimum atomic E-state index is -0.961. The number of aromatic nitrogens is 4. The van der Waals surface area contributed by atoms with Crippen LogP contribution in [0.25, 0.3) is 5.78 Å². The van der Waals surface area contributed by atoms with Crippen LogP contribution in [0.1, 0.15) is 48.6 Å². The van der Waals surface area contributed by atoms with E-state index in [1.54, 1.807) is 10.7 Å². The molecule has 0 spiro atoms. The van der Waals surface area contributed by atoms with Gasteiger partial charge in [-0.25, -0.2) is 9.78 Å². The number of nitrogens with one attached hydrogen (secondary N) is 2. The summed E-state index contributed by atoms with van der Waals surface area (Å²) in [6, 6.07) is 8.51. The van der Waals surface area contributed by atoms with Crippen molar-refractivity contribution >= 4 is 11.9 Å². The van der Waals surface area contributed by atoms with Crippen LogP contribution in [0.15, 0.2) is 36.8 Å². The topological polar surface area (TPSA) is 117 Å². The number of rotatable bonds is 9. The van der Waals surface area contributed by atoms with Crippen molar-refractivity contribution in [2.24, 2.45) is 0 Å². The van der Waals surface area contributed by atoms with Gasteiger partial charge in [0.15, 0.2) is 6.10 Å². The second-order valence-electron chi connectivity index (χ2n) is 8.94. The Labute approximate surface area is 198 Å². The number of carboxylic acid groups (broad SMARTS) is 1. The molecule has 34 heavy (non-hydrogen) atoms. The molecular formula is C24H31N7O3. The van der Waals surface area contributed by atoms with E-state index >= 15 is 0 Å². The number of nitrogens with zero attached hydrogens (tertiary/aromatic N) is 5. The smallest absolute Gasteiger partial charge is 0.404 e. The van der Waals surface area contributed by atoms with Gasteiger partial charge in [-0.1, -0.05) is 12.1 Å². The van der Waals surface area contributed by atoms with E-state index in [4.69, 9.17) is 9.84 Å². The molecule has 5 rings (SSSR count). The van der Waals surface area contributed by atoms with Crippen LogP contribution in [0.2, 0.25) is 0 Å². The van der Waals surface area contributed by atoms with Gasteiger partial charge in [0, 0.05) is 37.4 Å². The van der Waals surface area contributed by atoms with Crippen molar-refractivity contribution in [3.63, 3.8) is 0 Å². The first-order valence-corrected chi connectivity index (χ1v) is 12.0. The normalized spacial score (nSPS) is 19.1. The zero-order valence-electron chi connectivity index (χ0n) is 19.2. The van der Waals surface area contributed by atoms with E-state index in [1.165, 1.54) is 17.5 Å². The van der Waals surface area contributed by atoms with E-state index in [2.05, 4.69) is 48.8 Å². The molecule has 1 fully saturated rings. The molecule has 2 aliphatic rings. The Kier molecular flexibility index (Phi) is 6.87. The number of ether oxygens (including phenoxy) is 1. The van der Waals surface area contributed by atoms with Crippen molar-refractivity contribution in [1.29, 1.82) is 0 Å². The van der Waals surface area contributed by atoms with Crippen LogP contribution in [-0.4, -0.2) is 67.9 Å². The highest BCUT2D eigenvalue weighted by atomic mass is 16.5. The molecular weight excluding hydrogens is 434 g/mol. The molecule has 2 atom stereocenters. The zero-order chi connectivity index (χ0) is 23.3. The molecule has 0 radical (unpaired) electrons. The van der Waals surface area contributed by atoms with Crippen LogP contribution >= 0.6 is 0 Å². The maximum Gasteiger partial charge on any atom is 0.404 e. The third-order valence-electron chi connectivity index (χ3n) is 6.71. The van der Waals surface area contributed by atoms with Crippen LogP contribution in [0.3, 0.4) is 0 Å². The van der Waals surface area contributed by atoms with Gasteiger partial charge in [-0.2, -0.15) is 14.6 Å². The largest absolute Gasteiger partial charge is 0.482 e. The third-order valence-corrected chi connectivity index (χ3v) is 6.71. The van der Waals surface area contributed by atoms with Crippen LogP contribution in [0.4, 0.5) is 4.79 Å². The maximum absolute atomic E-state index is 10.6. The van der Waals surface area contributed by atoms with E-state index in [9.17, 15) is 4.79 Å². The van der Waals surface area contributed by atoms with Gasteiger partial charge in [0.25, 0.3) is 5.78 Å². The highest BCUT2D eigenvalue weighted by Crippen LogP contribution is 2.34. The molecule has 0 aliphatic carbocycles. The molecule has 3 N–H and O–H groups in total. The third kappa shape index (κ3) is 4.97. The predicted octanol–water partition coefficient (Wildman–Crippen LogP) is 2.40. The molecule has 180 valence electrons. The second kappa shape index (κ2) is 10.4. The summed E-state index contributed by atoms with van der Waals surface area (Å²) in [5, 5.41) is 19.2. The average Bonchev–Trinajstić information content (AvgIpc) is 3.54. The van der Waals surface area contributed by atoms with Gasteiger partial charge >= 0.3 is 6.09 Å². The Hall–Kier alpha value is -3.24. The highest BCUT2D eigenvalue weighted by Gasteiger charge is 2.31. The lowest BCUT2D eigenvalue weighted by molar-refractivity contribution is 0.150. The van der Waals surface area contributed by atoms with E-state index in [1.807, 2.05) is 6.07 Å². The molecule has 2 aromatic heterocycles. The Bertz CT molecular complexity index is 1130. The average molecular weight is 466 g/mol. The van der Waals surface area contributed by atoms with E-state index < -0.39 is 6.09 Å². The monoisotopic (exact) mass is 465 g/mol. The summed E-state index contributed by atoms with van der Waals surface area (Å²) in [4.78, 5) is 21.6. The summed E-state index contributed by atoms with van der Waals surface area (Å²) >= 11 is 0. The molecule has 1 aromatic carbocycles. The van der Waals surface area contributed by atoms with Gasteiger partial charge in [0.1, 0.15) is 12.1 Å². The SMILES string of the molecule is O=C(O)NCCCCN1CCc2cccc(O[C@@H](c3ccnc4ncnn34)C3CCCN3)c2C1. The van der Waals surface area contributed by atoms with Gasteiger partial charge in [0.05, 0.1) is 5.69 Å². The minimum Gasteiger partial charge on any atom is -0.482 e. The number of benzene rings is 1. The molecule has 1 unspecified atom stereocenters. The van der Waals surface area contributed by atoms with Gasteiger partial charge in [0.2, 0.25) is 0 Å². The quantitative estimate of drug-likeness (QED) is 0.413. The molecule has 1 saturated heterocycles. The van der Waals surface area contributed by atoms with Gasteiger partial charge in [-0.05, 0) is 62.9 Å². The lowest BCUT2D eigenvalue weighted by Crippen LogP contribution is -2.35. The summed E-state index contributed by atoms with van der Waals surface area (Å²) in [5.74, 6) is 1.49. The van der Waals surface area contributed by atoms with Crippen molar-refractivity contribution in [2.75, 3.05) is 26.2 Å². The summed E-state index contributed by atoms with van der Waals surface area (Å²) in [7, 11) is 0. The fourth-order valence-corrected chi connectivity index (χ4v) is 4.99. The summed E-state index contributed by atoms with van der Waals surface area (Å²) < 4.78 is 8.57. The molecule has 1 amide bonds. The van der Waals surface area contributed by atoms with Crippen LogP contribution in [0.5, 0.6) is 5.75 Å². The Balaban J connectivity index is 1.34. The molecule has 10 nitrogen and oxygen atoms in total. The van der Waals surface area contributed by atoms with E-state index in [0.717, 1.165) is 69.7 Å². The van der Waals surface area contributed by atoms with Gasteiger partial charge in [-0.3, -0.25) is 4.90 Å². The van der Waals surface area contributed by atoms with Gasteiger partial charge in [-0.15, -0.1) is 0 Å². The Morgan fingerprint density at radius 3 is 3.09 bits per heavy atom. The lowest BCUT2D eigenvalue weighted by Gasteiger charge is -2.32. The molecule has 10 heteroatoms. The number of hydrogen-bond acceptors (Lipinski definition) is 7. The van der Waals surface area contributed by atoms with Gasteiger partial charge < -0.3 is 20.5 Å². The van der Waals surface area contributed by atoms with Crippen molar-refractivity contribution in [2.45, 2.75) is 50.8 Å². The Morgan fingerprint density at radius 2 is 2.24 bits per heavy atom. The number of amides is 1. The fourth-order valence-electron chi connectivity index (χ4n) is 4.99. The molecule has 3 aromatic rings. The van der Waals surface area contributed by atoms with E-state index in [0.29, 0.717) is 12.3 Å². The molecule has 4 heterocycles. The second-order valence-corrected chi connectivity index (χ2v) is 8.94. The summed E-state index contributed by atoms with van der Waals surface area (Å²) in [5.41, 5.74) is 3.52. The first-order chi connectivity index (χ1) is 16.7. The Morgan fingerprint density at radius 1 is 1.29 bits per heavy atom. The standard InChI is InChI=1S/C24H31N7O3/c32-24(33)27-10-1-2-13-30-14-9-17-5-3-7-21(18(17)15-30)34-22(19-6-4-11-25-19)20-8-12-26-23-28-16-29-31(20)23/h3,5,7-8,12,16,19,22,25,27H,1-2,4,6,9-11,13-15H2,(H,32,33)/t19?,22-/m1/s1. The first-order valence-electron chi connectivity index (χ1n) is 12.0. The minimum absolute atomic E-state index is 0.187. The summed E-state index contributed by atoms with van der Waals surface area (Å²) in [6.45, 7) is 4.24. The van der Waals surface area contributed by atoms with Crippen LogP contribution in [-0.2, 0) is 13.0 Å². The number of carbonyl (C=O) groups is 1. The summed E-state index contributed by atoms with van der Waals surface area (Å²) in [6.07, 6.45) is 7.05. The number of fused-ring (bicyclic) bond motifs is 2. The first kappa shape index (κ1) is 22.5. The fraction of sp³-hybridized carbons (Fsp3) is 0.500. The van der Waals surface area contributed by atoms with Crippen molar-refractivity contribution in [1.82, 2.24) is 35.1 Å². The zero-order valence-corrected chi connectivity index (χ0v) is 19.2. The highest BCUT2D eigenvalue weighted by molar-refractivity contribution is 5.64. The molecule has 0 bridgehead atoms. The number of hydrogen-bond donors (Lipinski definition) is 3. The van der Waals surface area contributed by atoms with Crippen molar-refractivity contribution in [3.8, 4) is 5.75 Å². The maximum atomic E-state index is 10.6. The van der Waals surface area contributed by atoms with Crippen molar-refractivity contribution < 1.29 is 14.6 Å². The van der Waals surface area contributed by atoms with Crippen molar-refractivity contribution in [3.05, 3.63) is 53.6 Å². The van der Waals surface area contributed by atoms with Crippen LogP contribution in [0, 0.1) is 0 Å². The van der Waals surface area contributed by atoms with E-state index in [-0.39, 0.29) is 12.1 Å². The molecule has 0 saturated carbocycles. The predicted molar refractivity (Wildman–Crippen MR) is 126 cm³/mol. The lowest BCUT2D eigenvalue weighted by atomic mass is 9.98. The number of unbranched alkanes of at least 4 members (excludes halogenated alkanes) is 1. The molecule has 2 aliphatic heterocycles. The van der Waals surface area contributed by atoms with Crippen LogP contribution < -0.4 is 15.4 Å².